The van der Waals surface area contributed by atoms with Crippen LogP contribution < -0.4 is 5.56 Å². The third-order valence-electron chi connectivity index (χ3n) is 4.18. The maximum Gasteiger partial charge on any atom is 0.255 e. The SMILES string of the molecule is O=c1cc(Cl)ncn1C1CCOC2(CCCC2)C1. The summed E-state index contributed by atoms with van der Waals surface area (Å²) in [5.41, 5.74) is -0.0443. The van der Waals surface area contributed by atoms with Crippen LogP contribution in [0.3, 0.4) is 0 Å². The largest absolute Gasteiger partial charge is 0.375 e. The number of hydrogen-bond donors (Lipinski definition) is 0. The smallest absolute Gasteiger partial charge is 0.255 e. The molecule has 4 nitrogen and oxygen atoms in total. The first-order valence-electron chi connectivity index (χ1n) is 6.56. The van der Waals surface area contributed by atoms with E-state index < -0.39 is 0 Å². The molecule has 0 aromatic carbocycles. The first kappa shape index (κ1) is 12.2. The fraction of sp³-hybridized carbons (Fsp3) is 0.692. The van der Waals surface area contributed by atoms with Crippen LogP contribution in [0, 0.1) is 0 Å². The molecule has 0 radical (unpaired) electrons. The van der Waals surface area contributed by atoms with Gasteiger partial charge in [0.15, 0.2) is 0 Å². The van der Waals surface area contributed by atoms with Gasteiger partial charge < -0.3 is 4.74 Å². The number of hydrogen-bond acceptors (Lipinski definition) is 3. The van der Waals surface area contributed by atoms with Crippen molar-refractivity contribution in [1.82, 2.24) is 9.55 Å². The molecular formula is C13H17ClN2O2. The Labute approximate surface area is 111 Å². The van der Waals surface area contributed by atoms with Crippen LogP contribution in [-0.2, 0) is 4.74 Å². The molecule has 1 aliphatic carbocycles. The standard InChI is InChI=1S/C13H17ClN2O2/c14-11-7-12(17)16(9-15-11)10-3-6-18-13(8-10)4-1-2-5-13/h7,9-10H,1-6,8H2. The van der Waals surface area contributed by atoms with E-state index in [0.717, 1.165) is 32.3 Å². The van der Waals surface area contributed by atoms with Crippen LogP contribution in [0.5, 0.6) is 0 Å². The van der Waals surface area contributed by atoms with Crippen LogP contribution in [0.1, 0.15) is 44.6 Å². The number of ether oxygens (including phenoxy) is 1. The lowest BCUT2D eigenvalue weighted by molar-refractivity contribution is -0.0899. The first-order valence-corrected chi connectivity index (χ1v) is 6.94. The molecule has 98 valence electrons. The molecular weight excluding hydrogens is 252 g/mol. The lowest BCUT2D eigenvalue weighted by Crippen LogP contribution is -2.40. The molecule has 1 saturated carbocycles. The molecule has 1 unspecified atom stereocenters. The minimum atomic E-state index is -0.0601. The van der Waals surface area contributed by atoms with Crippen molar-refractivity contribution in [2.24, 2.45) is 0 Å². The maximum absolute atomic E-state index is 11.9. The van der Waals surface area contributed by atoms with Gasteiger partial charge in [-0.3, -0.25) is 9.36 Å². The van der Waals surface area contributed by atoms with Gasteiger partial charge in [-0.2, -0.15) is 0 Å². The van der Waals surface area contributed by atoms with Crippen molar-refractivity contribution in [3.8, 4) is 0 Å². The van der Waals surface area contributed by atoms with Crippen LogP contribution in [0.15, 0.2) is 17.2 Å². The second-order valence-corrected chi connectivity index (χ2v) is 5.73. The first-order chi connectivity index (χ1) is 8.69. The van der Waals surface area contributed by atoms with E-state index in [9.17, 15) is 4.79 Å². The summed E-state index contributed by atoms with van der Waals surface area (Å²) >= 11 is 5.73. The predicted octanol–water partition coefficient (Wildman–Crippen LogP) is 2.56. The van der Waals surface area contributed by atoms with Crippen molar-refractivity contribution in [3.05, 3.63) is 27.9 Å². The Bertz CT molecular complexity index is 494. The maximum atomic E-state index is 11.9. The van der Waals surface area contributed by atoms with Gasteiger partial charge in [-0.15, -0.1) is 0 Å². The van der Waals surface area contributed by atoms with Crippen molar-refractivity contribution in [2.75, 3.05) is 6.61 Å². The second kappa shape index (κ2) is 4.67. The number of aromatic nitrogens is 2. The van der Waals surface area contributed by atoms with Gasteiger partial charge in [-0.05, 0) is 25.7 Å². The zero-order chi connectivity index (χ0) is 12.6. The van der Waals surface area contributed by atoms with E-state index in [4.69, 9.17) is 16.3 Å². The van der Waals surface area contributed by atoms with Crippen molar-refractivity contribution in [3.63, 3.8) is 0 Å². The molecule has 1 aromatic heterocycles. The summed E-state index contributed by atoms with van der Waals surface area (Å²) in [5.74, 6) is 0. The summed E-state index contributed by atoms with van der Waals surface area (Å²) in [6.07, 6.45) is 8.10. The number of rotatable bonds is 1. The van der Waals surface area contributed by atoms with E-state index in [-0.39, 0.29) is 22.4 Å². The summed E-state index contributed by atoms with van der Waals surface area (Å²) in [6, 6.07) is 1.59. The average Bonchev–Trinajstić information content (AvgIpc) is 2.77. The molecule has 1 aliphatic heterocycles. The Kier molecular flexibility index (Phi) is 3.16. The number of nitrogens with zero attached hydrogens (tertiary/aromatic N) is 2. The van der Waals surface area contributed by atoms with Crippen LogP contribution in [0.4, 0.5) is 0 Å². The van der Waals surface area contributed by atoms with Gasteiger partial charge >= 0.3 is 0 Å². The highest BCUT2D eigenvalue weighted by Crippen LogP contribution is 2.43. The van der Waals surface area contributed by atoms with Crippen LogP contribution in [0.25, 0.3) is 0 Å². The molecule has 0 bridgehead atoms. The molecule has 1 spiro atoms. The zero-order valence-corrected chi connectivity index (χ0v) is 11.0. The van der Waals surface area contributed by atoms with Crippen LogP contribution in [0.2, 0.25) is 5.15 Å². The van der Waals surface area contributed by atoms with E-state index >= 15 is 0 Å². The van der Waals surface area contributed by atoms with E-state index in [1.54, 1.807) is 10.9 Å². The Morgan fingerprint density at radius 2 is 2.22 bits per heavy atom. The van der Waals surface area contributed by atoms with Gasteiger partial charge in [0, 0.05) is 18.7 Å². The van der Waals surface area contributed by atoms with Crippen LogP contribution in [-0.4, -0.2) is 21.8 Å². The summed E-state index contributed by atoms with van der Waals surface area (Å²) in [6.45, 7) is 0.736. The molecule has 3 rings (SSSR count). The highest BCUT2D eigenvalue weighted by molar-refractivity contribution is 6.29. The topological polar surface area (TPSA) is 44.1 Å². The van der Waals surface area contributed by atoms with Gasteiger partial charge in [0.25, 0.3) is 5.56 Å². The highest BCUT2D eigenvalue weighted by atomic mass is 35.5. The Morgan fingerprint density at radius 3 is 2.94 bits per heavy atom. The Balaban J connectivity index is 1.85. The van der Waals surface area contributed by atoms with E-state index in [1.807, 2.05) is 0 Å². The van der Waals surface area contributed by atoms with Gasteiger partial charge in [-0.25, -0.2) is 4.98 Å². The Hall–Kier alpha value is -0.870. The van der Waals surface area contributed by atoms with E-state index in [1.165, 1.54) is 18.9 Å². The monoisotopic (exact) mass is 268 g/mol. The lowest BCUT2D eigenvalue weighted by atomic mass is 9.89. The zero-order valence-electron chi connectivity index (χ0n) is 10.3. The number of halogens is 1. The van der Waals surface area contributed by atoms with Gasteiger partial charge in [0.05, 0.1) is 11.9 Å². The third kappa shape index (κ3) is 2.19. The molecule has 5 heteroatoms. The van der Waals surface area contributed by atoms with Crippen molar-refractivity contribution in [2.45, 2.75) is 50.2 Å². The Morgan fingerprint density at radius 1 is 1.44 bits per heavy atom. The molecule has 1 saturated heterocycles. The molecule has 0 N–H and O–H groups in total. The predicted molar refractivity (Wildman–Crippen MR) is 68.9 cm³/mol. The summed E-state index contributed by atoms with van der Waals surface area (Å²) in [7, 11) is 0. The molecule has 2 heterocycles. The second-order valence-electron chi connectivity index (χ2n) is 5.34. The fourth-order valence-corrected chi connectivity index (χ4v) is 3.41. The van der Waals surface area contributed by atoms with Crippen molar-refractivity contribution >= 4 is 11.6 Å². The minimum Gasteiger partial charge on any atom is -0.375 e. The van der Waals surface area contributed by atoms with Gasteiger partial charge in [0.1, 0.15) is 5.15 Å². The molecule has 0 amide bonds. The average molecular weight is 269 g/mol. The van der Waals surface area contributed by atoms with E-state index in [0.29, 0.717) is 0 Å². The summed E-state index contributed by atoms with van der Waals surface area (Å²) in [4.78, 5) is 16.0. The molecule has 18 heavy (non-hydrogen) atoms. The minimum absolute atomic E-state index is 0.0159. The molecule has 2 fully saturated rings. The summed E-state index contributed by atoms with van der Waals surface area (Å²) in [5, 5.41) is 0.263. The van der Waals surface area contributed by atoms with Crippen molar-refractivity contribution < 1.29 is 4.74 Å². The van der Waals surface area contributed by atoms with E-state index in [2.05, 4.69) is 4.98 Å². The normalized spacial score (nSPS) is 26.6. The highest BCUT2D eigenvalue weighted by Gasteiger charge is 2.40. The molecule has 1 atom stereocenters. The van der Waals surface area contributed by atoms with Gasteiger partial charge in [-0.1, -0.05) is 24.4 Å². The fourth-order valence-electron chi connectivity index (χ4n) is 3.27. The molecule has 2 aliphatic rings. The van der Waals surface area contributed by atoms with Gasteiger partial charge in [0.2, 0.25) is 0 Å². The lowest BCUT2D eigenvalue weighted by Gasteiger charge is -2.38. The quantitative estimate of drug-likeness (QED) is 0.736. The van der Waals surface area contributed by atoms with Crippen molar-refractivity contribution in [1.29, 1.82) is 0 Å². The van der Waals surface area contributed by atoms with Crippen LogP contribution >= 0.6 is 11.6 Å². The third-order valence-corrected chi connectivity index (χ3v) is 4.38. The summed E-state index contributed by atoms with van der Waals surface area (Å²) < 4.78 is 7.70. The molecule has 1 aromatic rings.